The lowest BCUT2D eigenvalue weighted by Gasteiger charge is -2.14. The molecule has 0 aliphatic rings. The Morgan fingerprint density at radius 1 is 1.10 bits per heavy atom. The third kappa shape index (κ3) is 4.12. The van der Waals surface area contributed by atoms with Crippen LogP contribution >= 0.6 is 0 Å². The molecule has 2 aromatic carbocycles. The van der Waals surface area contributed by atoms with Crippen molar-refractivity contribution in [3.05, 3.63) is 65.7 Å². The maximum absolute atomic E-state index is 12.0. The molecule has 0 aromatic heterocycles. The van der Waals surface area contributed by atoms with Gasteiger partial charge in [0.1, 0.15) is 5.75 Å². The minimum Gasteiger partial charge on any atom is -0.508 e. The van der Waals surface area contributed by atoms with Gasteiger partial charge in [0.15, 0.2) is 0 Å². The van der Waals surface area contributed by atoms with Gasteiger partial charge in [0, 0.05) is 11.6 Å². The van der Waals surface area contributed by atoms with E-state index >= 15 is 0 Å². The normalized spacial score (nSPS) is 11.8. The van der Waals surface area contributed by atoms with Crippen LogP contribution in [-0.2, 0) is 6.42 Å². The van der Waals surface area contributed by atoms with Gasteiger partial charge in [0.2, 0.25) is 0 Å². The van der Waals surface area contributed by atoms with E-state index in [-0.39, 0.29) is 17.7 Å². The number of carbonyl (C=O) groups is 1. The summed E-state index contributed by atoms with van der Waals surface area (Å²) >= 11 is 0. The molecule has 0 heterocycles. The summed E-state index contributed by atoms with van der Waals surface area (Å²) in [5, 5.41) is 12.2. The van der Waals surface area contributed by atoms with Crippen LogP contribution in [0.5, 0.6) is 5.75 Å². The highest BCUT2D eigenvalue weighted by Gasteiger charge is 2.09. The van der Waals surface area contributed by atoms with Gasteiger partial charge >= 0.3 is 0 Å². The van der Waals surface area contributed by atoms with E-state index in [9.17, 15) is 9.90 Å². The second-order valence-electron chi connectivity index (χ2n) is 4.95. The Morgan fingerprint density at radius 3 is 2.40 bits per heavy atom. The van der Waals surface area contributed by atoms with Crippen LogP contribution in [0.4, 0.5) is 0 Å². The Kier molecular flexibility index (Phi) is 4.77. The second kappa shape index (κ2) is 6.75. The molecule has 0 radical (unpaired) electrons. The molecule has 3 nitrogen and oxygen atoms in total. The lowest BCUT2D eigenvalue weighted by Crippen LogP contribution is -2.32. The van der Waals surface area contributed by atoms with Crippen molar-refractivity contribution in [2.75, 3.05) is 0 Å². The first-order valence-electron chi connectivity index (χ1n) is 6.79. The molecule has 2 aromatic rings. The number of aryl methyl sites for hydroxylation is 1. The van der Waals surface area contributed by atoms with Gasteiger partial charge in [0.25, 0.3) is 5.91 Å². The molecule has 1 atom stereocenters. The van der Waals surface area contributed by atoms with Crippen molar-refractivity contribution in [2.24, 2.45) is 0 Å². The molecule has 0 spiro atoms. The lowest BCUT2D eigenvalue weighted by molar-refractivity contribution is 0.0938. The van der Waals surface area contributed by atoms with Crippen molar-refractivity contribution in [2.45, 2.75) is 25.8 Å². The van der Waals surface area contributed by atoms with Crippen LogP contribution in [-0.4, -0.2) is 17.1 Å². The third-order valence-corrected chi connectivity index (χ3v) is 3.22. The van der Waals surface area contributed by atoms with E-state index in [2.05, 4.69) is 5.32 Å². The molecular weight excluding hydrogens is 250 g/mol. The van der Waals surface area contributed by atoms with Crippen LogP contribution in [0.15, 0.2) is 54.6 Å². The highest BCUT2D eigenvalue weighted by atomic mass is 16.3. The predicted molar refractivity (Wildman–Crippen MR) is 79.8 cm³/mol. The minimum atomic E-state index is -0.0381. The van der Waals surface area contributed by atoms with Gasteiger partial charge in [-0.3, -0.25) is 4.79 Å². The fourth-order valence-corrected chi connectivity index (χ4v) is 2.01. The lowest BCUT2D eigenvalue weighted by atomic mass is 10.1. The first-order chi connectivity index (χ1) is 9.65. The van der Waals surface area contributed by atoms with E-state index in [0.717, 1.165) is 18.4 Å². The molecule has 20 heavy (non-hydrogen) atoms. The molecule has 0 aliphatic carbocycles. The van der Waals surface area contributed by atoms with E-state index in [0.29, 0.717) is 5.56 Å². The van der Waals surface area contributed by atoms with Gasteiger partial charge in [0.05, 0.1) is 0 Å². The van der Waals surface area contributed by atoms with Gasteiger partial charge in [-0.1, -0.05) is 30.3 Å². The largest absolute Gasteiger partial charge is 0.508 e. The molecule has 3 heteroatoms. The smallest absolute Gasteiger partial charge is 0.251 e. The molecule has 0 saturated heterocycles. The fourth-order valence-electron chi connectivity index (χ4n) is 2.01. The van der Waals surface area contributed by atoms with Crippen LogP contribution < -0.4 is 5.32 Å². The van der Waals surface area contributed by atoms with Crippen LogP contribution in [0.2, 0.25) is 0 Å². The van der Waals surface area contributed by atoms with Crippen LogP contribution in [0, 0.1) is 0 Å². The Morgan fingerprint density at radius 2 is 1.75 bits per heavy atom. The zero-order valence-electron chi connectivity index (χ0n) is 11.5. The van der Waals surface area contributed by atoms with Crippen LogP contribution in [0.25, 0.3) is 0 Å². The first kappa shape index (κ1) is 14.1. The summed E-state index contributed by atoms with van der Waals surface area (Å²) in [6, 6.07) is 16.5. The van der Waals surface area contributed by atoms with Crippen LogP contribution in [0.3, 0.4) is 0 Å². The zero-order chi connectivity index (χ0) is 14.4. The summed E-state index contributed by atoms with van der Waals surface area (Å²) in [5.74, 6) is 0.239. The quantitative estimate of drug-likeness (QED) is 0.876. The number of phenols is 1. The van der Waals surface area contributed by atoms with Crippen molar-refractivity contribution >= 4 is 5.91 Å². The van der Waals surface area contributed by atoms with Crippen molar-refractivity contribution < 1.29 is 9.90 Å². The zero-order valence-corrected chi connectivity index (χ0v) is 11.5. The van der Waals surface area contributed by atoms with E-state index in [1.165, 1.54) is 0 Å². The van der Waals surface area contributed by atoms with Gasteiger partial charge in [-0.25, -0.2) is 0 Å². The predicted octanol–water partition coefficient (Wildman–Crippen LogP) is 3.14. The molecule has 0 saturated carbocycles. The number of aromatic hydroxyl groups is 1. The summed E-state index contributed by atoms with van der Waals surface area (Å²) in [5.41, 5.74) is 1.84. The molecule has 2 N–H and O–H groups in total. The Bertz CT molecular complexity index is 549. The average Bonchev–Trinajstić information content (AvgIpc) is 2.47. The van der Waals surface area contributed by atoms with Crippen molar-refractivity contribution in [1.82, 2.24) is 5.32 Å². The number of hydrogen-bond donors (Lipinski definition) is 2. The molecule has 2 rings (SSSR count). The Balaban J connectivity index is 1.82. The van der Waals surface area contributed by atoms with E-state index in [1.54, 1.807) is 12.1 Å². The van der Waals surface area contributed by atoms with E-state index < -0.39 is 0 Å². The molecule has 1 amide bonds. The maximum Gasteiger partial charge on any atom is 0.251 e. The van der Waals surface area contributed by atoms with E-state index in [1.807, 2.05) is 49.4 Å². The molecular formula is C17H19NO2. The SMILES string of the molecule is CC(CCc1ccc(O)cc1)NC(=O)c1ccccc1. The first-order valence-corrected chi connectivity index (χ1v) is 6.79. The van der Waals surface area contributed by atoms with Gasteiger partial charge in [-0.2, -0.15) is 0 Å². The molecule has 104 valence electrons. The number of benzene rings is 2. The monoisotopic (exact) mass is 269 g/mol. The van der Waals surface area contributed by atoms with Gasteiger partial charge < -0.3 is 10.4 Å². The number of phenolic OH excluding ortho intramolecular Hbond substituents is 1. The van der Waals surface area contributed by atoms with Crippen LogP contribution in [0.1, 0.15) is 29.3 Å². The highest BCUT2D eigenvalue weighted by Crippen LogP contribution is 2.12. The molecule has 0 bridgehead atoms. The summed E-state index contributed by atoms with van der Waals surface area (Å²) in [4.78, 5) is 12.0. The molecule has 0 aliphatic heterocycles. The molecule has 1 unspecified atom stereocenters. The average molecular weight is 269 g/mol. The number of amides is 1. The van der Waals surface area contributed by atoms with Crippen molar-refractivity contribution in [1.29, 1.82) is 0 Å². The summed E-state index contributed by atoms with van der Waals surface area (Å²) in [6.07, 6.45) is 1.74. The number of rotatable bonds is 5. The van der Waals surface area contributed by atoms with Gasteiger partial charge in [-0.15, -0.1) is 0 Å². The number of nitrogens with one attached hydrogen (secondary N) is 1. The van der Waals surface area contributed by atoms with Crippen molar-refractivity contribution in [3.8, 4) is 5.75 Å². The highest BCUT2D eigenvalue weighted by molar-refractivity contribution is 5.94. The summed E-state index contributed by atoms with van der Waals surface area (Å²) in [7, 11) is 0. The maximum atomic E-state index is 12.0. The summed E-state index contributed by atoms with van der Waals surface area (Å²) < 4.78 is 0. The Labute approximate surface area is 119 Å². The fraction of sp³-hybridized carbons (Fsp3) is 0.235. The molecule has 0 fully saturated rings. The number of carbonyl (C=O) groups excluding carboxylic acids is 1. The van der Waals surface area contributed by atoms with Crippen molar-refractivity contribution in [3.63, 3.8) is 0 Å². The minimum absolute atomic E-state index is 0.0381. The standard InChI is InChI=1S/C17H19NO2/c1-13(7-8-14-9-11-16(19)12-10-14)18-17(20)15-5-3-2-4-6-15/h2-6,9-13,19H,7-8H2,1H3,(H,18,20). The summed E-state index contributed by atoms with van der Waals surface area (Å²) in [6.45, 7) is 2.00. The van der Waals surface area contributed by atoms with E-state index in [4.69, 9.17) is 0 Å². The third-order valence-electron chi connectivity index (χ3n) is 3.22. The topological polar surface area (TPSA) is 49.3 Å². The number of hydrogen-bond acceptors (Lipinski definition) is 2. The van der Waals surface area contributed by atoms with Gasteiger partial charge in [-0.05, 0) is 49.6 Å². The Hall–Kier alpha value is -2.29. The second-order valence-corrected chi connectivity index (χ2v) is 4.95.